The highest BCUT2D eigenvalue weighted by molar-refractivity contribution is 5.92. The lowest BCUT2D eigenvalue weighted by atomic mass is 10.00. The topological polar surface area (TPSA) is 71.5 Å². The summed E-state index contributed by atoms with van der Waals surface area (Å²) in [5, 5.41) is 3.10. The highest BCUT2D eigenvalue weighted by Gasteiger charge is 2.38. The van der Waals surface area contributed by atoms with Gasteiger partial charge in [0.15, 0.2) is 5.76 Å². The van der Waals surface area contributed by atoms with Crippen LogP contribution in [0.3, 0.4) is 0 Å². The Hall–Kier alpha value is -2.27. The molecule has 2 saturated heterocycles. The van der Waals surface area contributed by atoms with Crippen molar-refractivity contribution in [1.29, 1.82) is 0 Å². The van der Waals surface area contributed by atoms with E-state index < -0.39 is 0 Å². The highest BCUT2D eigenvalue weighted by atomic mass is 16.3. The lowest BCUT2D eigenvalue weighted by Gasteiger charge is -2.22. The second-order valence-corrected chi connectivity index (χ2v) is 6.14. The molecular formula is C17H19N3O2. The van der Waals surface area contributed by atoms with Gasteiger partial charge in [-0.2, -0.15) is 0 Å². The predicted molar refractivity (Wildman–Crippen MR) is 84.4 cm³/mol. The van der Waals surface area contributed by atoms with Gasteiger partial charge in [-0.15, -0.1) is 0 Å². The fourth-order valence-corrected chi connectivity index (χ4v) is 3.51. The average Bonchev–Trinajstić information content (AvgIpc) is 3.24. The number of hydrogen-bond acceptors (Lipinski definition) is 4. The minimum absolute atomic E-state index is 0.139. The van der Waals surface area contributed by atoms with Gasteiger partial charge in [-0.1, -0.05) is 12.1 Å². The Morgan fingerprint density at radius 3 is 2.82 bits per heavy atom. The first-order chi connectivity index (χ1) is 10.7. The number of hydrogen-bond donors (Lipinski definition) is 2. The lowest BCUT2D eigenvalue weighted by molar-refractivity contribution is 0.0897. The van der Waals surface area contributed by atoms with E-state index in [-0.39, 0.29) is 11.9 Å². The largest absolute Gasteiger partial charge is 0.451 e. The van der Waals surface area contributed by atoms with Crippen molar-refractivity contribution in [1.82, 2.24) is 10.2 Å². The van der Waals surface area contributed by atoms with Gasteiger partial charge in [0.25, 0.3) is 5.91 Å². The molecule has 1 aromatic carbocycles. The zero-order chi connectivity index (χ0) is 15.1. The summed E-state index contributed by atoms with van der Waals surface area (Å²) in [4.78, 5) is 14.7. The monoisotopic (exact) mass is 297 g/mol. The summed E-state index contributed by atoms with van der Waals surface area (Å²) in [5.41, 5.74) is 7.40. The molecule has 1 amide bonds. The van der Waals surface area contributed by atoms with Gasteiger partial charge < -0.3 is 20.4 Å². The summed E-state index contributed by atoms with van der Waals surface area (Å²) in [7, 11) is 0. The Balaban J connectivity index is 1.49. The van der Waals surface area contributed by atoms with E-state index in [1.54, 1.807) is 12.1 Å². The number of carbonyl (C=O) groups is 1. The van der Waals surface area contributed by atoms with E-state index in [0.717, 1.165) is 25.2 Å². The molecule has 0 aliphatic carbocycles. The standard InChI is InChI=1S/C17H19N3O2/c18-13-4-2-1-3-12(13)15-5-6-16(22-15)17(21)19-14-10-20-8-7-11(14)9-20/h1-6,11,14H,7-10,18H2,(H,19,21)/t11-,14-/m0/s1. The van der Waals surface area contributed by atoms with Crippen LogP contribution in [0.15, 0.2) is 40.8 Å². The van der Waals surface area contributed by atoms with Crippen molar-refractivity contribution in [3.05, 3.63) is 42.2 Å². The molecule has 4 rings (SSSR count). The van der Waals surface area contributed by atoms with Gasteiger partial charge in [0.2, 0.25) is 0 Å². The van der Waals surface area contributed by atoms with Gasteiger partial charge in [-0.05, 0) is 43.1 Å². The molecule has 2 aromatic rings. The number of anilines is 1. The van der Waals surface area contributed by atoms with Crippen molar-refractivity contribution < 1.29 is 9.21 Å². The smallest absolute Gasteiger partial charge is 0.287 e. The normalized spacial score (nSPS) is 26.3. The first-order valence-electron chi connectivity index (χ1n) is 7.68. The molecule has 3 atom stereocenters. The number of nitrogens with one attached hydrogen (secondary N) is 1. The third-order valence-corrected chi connectivity index (χ3v) is 4.71. The number of carbonyl (C=O) groups excluding carboxylic acids is 1. The van der Waals surface area contributed by atoms with Crippen LogP contribution in [-0.4, -0.2) is 36.5 Å². The molecule has 2 fully saturated rings. The summed E-state index contributed by atoms with van der Waals surface area (Å²) in [5.74, 6) is 1.42. The predicted octanol–water partition coefficient (Wildman–Crippen LogP) is 1.96. The van der Waals surface area contributed by atoms with E-state index in [0.29, 0.717) is 23.1 Å². The number of piperidine rings is 1. The van der Waals surface area contributed by atoms with E-state index >= 15 is 0 Å². The van der Waals surface area contributed by atoms with Crippen molar-refractivity contribution >= 4 is 11.6 Å². The molecule has 0 saturated carbocycles. The van der Waals surface area contributed by atoms with Crippen LogP contribution in [0.4, 0.5) is 5.69 Å². The van der Waals surface area contributed by atoms with E-state index in [1.165, 1.54) is 6.42 Å². The summed E-state index contributed by atoms with van der Waals surface area (Å²) >= 11 is 0. The fourth-order valence-electron chi connectivity index (χ4n) is 3.51. The Labute approximate surface area is 129 Å². The van der Waals surface area contributed by atoms with E-state index in [4.69, 9.17) is 10.2 Å². The molecule has 22 heavy (non-hydrogen) atoms. The van der Waals surface area contributed by atoms with E-state index in [1.807, 2.05) is 24.3 Å². The van der Waals surface area contributed by atoms with Crippen LogP contribution in [0.2, 0.25) is 0 Å². The molecule has 2 aliphatic rings. The van der Waals surface area contributed by atoms with E-state index in [9.17, 15) is 4.79 Å². The minimum Gasteiger partial charge on any atom is -0.451 e. The van der Waals surface area contributed by atoms with E-state index in [2.05, 4.69) is 10.2 Å². The molecule has 1 unspecified atom stereocenters. The number of benzene rings is 1. The van der Waals surface area contributed by atoms with Crippen molar-refractivity contribution in [2.24, 2.45) is 5.92 Å². The molecule has 0 radical (unpaired) electrons. The van der Waals surface area contributed by atoms with Gasteiger partial charge >= 0.3 is 0 Å². The highest BCUT2D eigenvalue weighted by Crippen LogP contribution is 2.29. The number of nitrogen functional groups attached to an aromatic ring is 1. The second-order valence-electron chi connectivity index (χ2n) is 6.14. The minimum atomic E-state index is -0.139. The summed E-state index contributed by atoms with van der Waals surface area (Å²) in [6.07, 6.45) is 1.18. The zero-order valence-corrected chi connectivity index (χ0v) is 12.3. The molecule has 3 heterocycles. The number of nitrogens with two attached hydrogens (primary N) is 1. The molecule has 114 valence electrons. The Morgan fingerprint density at radius 2 is 2.09 bits per heavy atom. The quantitative estimate of drug-likeness (QED) is 0.850. The maximum absolute atomic E-state index is 12.4. The Bertz CT molecular complexity index is 709. The van der Waals surface area contributed by atoms with Crippen molar-refractivity contribution in [2.75, 3.05) is 25.4 Å². The van der Waals surface area contributed by atoms with Crippen LogP contribution in [0.25, 0.3) is 11.3 Å². The zero-order valence-electron chi connectivity index (χ0n) is 12.3. The number of amides is 1. The van der Waals surface area contributed by atoms with Crippen LogP contribution < -0.4 is 11.1 Å². The summed E-state index contributed by atoms with van der Waals surface area (Å²) < 4.78 is 5.70. The second kappa shape index (κ2) is 5.18. The van der Waals surface area contributed by atoms with Crippen molar-refractivity contribution in [3.8, 4) is 11.3 Å². The first kappa shape index (κ1) is 13.4. The summed E-state index contributed by atoms with van der Waals surface area (Å²) in [6.45, 7) is 3.22. The molecule has 3 N–H and O–H groups in total. The lowest BCUT2D eigenvalue weighted by Crippen LogP contribution is -2.43. The molecular weight excluding hydrogens is 278 g/mol. The van der Waals surface area contributed by atoms with Gasteiger partial charge in [-0.25, -0.2) is 0 Å². The van der Waals surface area contributed by atoms with Crippen LogP contribution in [0, 0.1) is 5.92 Å². The molecule has 5 heteroatoms. The number of para-hydroxylation sites is 1. The van der Waals surface area contributed by atoms with Crippen molar-refractivity contribution in [3.63, 3.8) is 0 Å². The molecule has 0 spiro atoms. The number of rotatable bonds is 3. The molecule has 2 aliphatic heterocycles. The maximum Gasteiger partial charge on any atom is 0.287 e. The van der Waals surface area contributed by atoms with Crippen LogP contribution in [0.5, 0.6) is 0 Å². The van der Waals surface area contributed by atoms with Gasteiger partial charge in [-0.3, -0.25) is 4.79 Å². The van der Waals surface area contributed by atoms with Crippen LogP contribution >= 0.6 is 0 Å². The number of nitrogens with zero attached hydrogens (tertiary/aromatic N) is 1. The molecule has 2 bridgehead atoms. The third-order valence-electron chi connectivity index (χ3n) is 4.71. The molecule has 5 nitrogen and oxygen atoms in total. The van der Waals surface area contributed by atoms with Gasteiger partial charge in [0, 0.05) is 30.4 Å². The first-order valence-corrected chi connectivity index (χ1v) is 7.68. The summed E-state index contributed by atoms with van der Waals surface area (Å²) in [6, 6.07) is 11.2. The fraction of sp³-hybridized carbons (Fsp3) is 0.353. The third kappa shape index (κ3) is 2.27. The van der Waals surface area contributed by atoms with Gasteiger partial charge in [0.05, 0.1) is 0 Å². The van der Waals surface area contributed by atoms with Crippen molar-refractivity contribution in [2.45, 2.75) is 12.5 Å². The average molecular weight is 297 g/mol. The number of fused-ring (bicyclic) bond motifs is 2. The Morgan fingerprint density at radius 1 is 1.23 bits per heavy atom. The van der Waals surface area contributed by atoms with Gasteiger partial charge in [0.1, 0.15) is 5.76 Å². The number of furan rings is 1. The maximum atomic E-state index is 12.4. The Kier molecular flexibility index (Phi) is 3.15. The van der Waals surface area contributed by atoms with Crippen LogP contribution in [0.1, 0.15) is 17.0 Å². The SMILES string of the molecule is Nc1ccccc1-c1ccc(C(=O)N[C@H]2CN3CC[C@H]2C3)o1. The molecule has 1 aromatic heterocycles. The van der Waals surface area contributed by atoms with Crippen LogP contribution in [-0.2, 0) is 0 Å².